The Morgan fingerprint density at radius 2 is 1.89 bits per heavy atom. The van der Waals surface area contributed by atoms with Gasteiger partial charge in [0, 0.05) is 13.1 Å². The van der Waals surface area contributed by atoms with Crippen molar-refractivity contribution in [2.75, 3.05) is 18.0 Å². The zero-order valence-electron chi connectivity index (χ0n) is 10.9. The van der Waals surface area contributed by atoms with E-state index in [1.54, 1.807) is 0 Å². The first kappa shape index (κ1) is 12.8. The second-order valence-corrected chi connectivity index (χ2v) is 6.01. The number of rotatable bonds is 3. The molecule has 3 nitrogen and oxygen atoms in total. The van der Waals surface area contributed by atoms with Gasteiger partial charge in [-0.15, -0.1) is 0 Å². The SMILES string of the molecule is O=C(O)C1(c2ccc(N3CCCC3)c(Cl)c2)CCC1. The van der Waals surface area contributed by atoms with Gasteiger partial charge >= 0.3 is 5.97 Å². The average molecular weight is 280 g/mol. The van der Waals surface area contributed by atoms with Crippen molar-refractivity contribution < 1.29 is 9.90 Å². The minimum absolute atomic E-state index is 0.687. The van der Waals surface area contributed by atoms with Crippen LogP contribution in [0.3, 0.4) is 0 Å². The van der Waals surface area contributed by atoms with Crippen molar-refractivity contribution in [1.29, 1.82) is 0 Å². The van der Waals surface area contributed by atoms with Gasteiger partial charge < -0.3 is 10.0 Å². The second-order valence-electron chi connectivity index (χ2n) is 5.60. The van der Waals surface area contributed by atoms with E-state index in [1.807, 2.05) is 18.2 Å². The van der Waals surface area contributed by atoms with E-state index in [9.17, 15) is 9.90 Å². The molecular weight excluding hydrogens is 262 g/mol. The number of carboxylic acid groups (broad SMARTS) is 1. The molecule has 0 aromatic heterocycles. The molecule has 2 fully saturated rings. The summed E-state index contributed by atoms with van der Waals surface area (Å²) in [7, 11) is 0. The van der Waals surface area contributed by atoms with Gasteiger partial charge in [-0.05, 0) is 43.4 Å². The standard InChI is InChI=1S/C15H18ClNO2/c16-12-10-11(15(14(18)19)6-3-7-15)4-5-13(12)17-8-1-2-9-17/h4-5,10H,1-3,6-9H2,(H,18,19). The predicted octanol–water partition coefficient (Wildman–Crippen LogP) is 3.45. The van der Waals surface area contributed by atoms with E-state index < -0.39 is 11.4 Å². The summed E-state index contributed by atoms with van der Waals surface area (Å²) in [4.78, 5) is 13.8. The van der Waals surface area contributed by atoms with E-state index in [2.05, 4.69) is 4.90 Å². The third-order valence-electron chi connectivity index (χ3n) is 4.56. The first-order valence-electron chi connectivity index (χ1n) is 6.92. The van der Waals surface area contributed by atoms with Gasteiger partial charge in [-0.1, -0.05) is 24.1 Å². The Labute approximate surface area is 118 Å². The minimum Gasteiger partial charge on any atom is -0.481 e. The van der Waals surface area contributed by atoms with Crippen molar-refractivity contribution in [2.24, 2.45) is 0 Å². The molecule has 1 saturated heterocycles. The number of anilines is 1. The van der Waals surface area contributed by atoms with Crippen molar-refractivity contribution in [1.82, 2.24) is 0 Å². The monoisotopic (exact) mass is 279 g/mol. The van der Waals surface area contributed by atoms with Crippen molar-refractivity contribution in [2.45, 2.75) is 37.5 Å². The molecule has 102 valence electrons. The summed E-state index contributed by atoms with van der Waals surface area (Å²) in [6.07, 6.45) is 4.84. The number of halogens is 1. The molecule has 0 atom stereocenters. The number of hydrogen-bond acceptors (Lipinski definition) is 2. The molecule has 0 unspecified atom stereocenters. The molecule has 1 aliphatic heterocycles. The van der Waals surface area contributed by atoms with Gasteiger partial charge in [0.25, 0.3) is 0 Å². The van der Waals surface area contributed by atoms with Gasteiger partial charge in [0.05, 0.1) is 16.1 Å². The van der Waals surface area contributed by atoms with E-state index in [1.165, 1.54) is 12.8 Å². The first-order chi connectivity index (χ1) is 9.13. The maximum absolute atomic E-state index is 11.5. The van der Waals surface area contributed by atoms with Crippen LogP contribution in [0.2, 0.25) is 5.02 Å². The third-order valence-corrected chi connectivity index (χ3v) is 4.87. The number of carboxylic acids is 1. The molecule has 1 heterocycles. The van der Waals surface area contributed by atoms with Gasteiger partial charge in [-0.25, -0.2) is 0 Å². The molecule has 2 aliphatic rings. The van der Waals surface area contributed by atoms with E-state index in [-0.39, 0.29) is 0 Å². The van der Waals surface area contributed by atoms with Crippen molar-refractivity contribution in [3.8, 4) is 0 Å². The summed E-state index contributed by atoms with van der Waals surface area (Å²) in [6, 6.07) is 5.81. The lowest BCUT2D eigenvalue weighted by Gasteiger charge is -2.38. The van der Waals surface area contributed by atoms with Crippen LogP contribution in [0.15, 0.2) is 18.2 Å². The van der Waals surface area contributed by atoms with Crippen LogP contribution in [0.4, 0.5) is 5.69 Å². The van der Waals surface area contributed by atoms with Crippen LogP contribution >= 0.6 is 11.6 Å². The molecular formula is C15H18ClNO2. The van der Waals surface area contributed by atoms with Crippen molar-refractivity contribution in [3.63, 3.8) is 0 Å². The molecule has 1 N–H and O–H groups in total. The number of nitrogens with zero attached hydrogens (tertiary/aromatic N) is 1. The molecule has 0 radical (unpaired) electrons. The minimum atomic E-state index is -0.719. The molecule has 1 aromatic rings. The molecule has 0 bridgehead atoms. The molecule has 4 heteroatoms. The Morgan fingerprint density at radius 3 is 2.37 bits per heavy atom. The lowest BCUT2D eigenvalue weighted by Crippen LogP contribution is -2.42. The van der Waals surface area contributed by atoms with Gasteiger partial charge in [0.15, 0.2) is 0 Å². The third kappa shape index (κ3) is 2.00. The Hall–Kier alpha value is -1.22. The summed E-state index contributed by atoms with van der Waals surface area (Å²) in [5.74, 6) is -0.719. The molecule has 1 saturated carbocycles. The maximum atomic E-state index is 11.5. The average Bonchev–Trinajstić information content (AvgIpc) is 2.80. The van der Waals surface area contributed by atoms with E-state index in [0.717, 1.165) is 43.6 Å². The topological polar surface area (TPSA) is 40.5 Å². The summed E-state index contributed by atoms with van der Waals surface area (Å²) < 4.78 is 0. The summed E-state index contributed by atoms with van der Waals surface area (Å²) in [5.41, 5.74) is 1.22. The molecule has 19 heavy (non-hydrogen) atoms. The van der Waals surface area contributed by atoms with Crippen LogP contribution in [-0.2, 0) is 10.2 Å². The van der Waals surface area contributed by atoms with Gasteiger partial charge in [-0.2, -0.15) is 0 Å². The summed E-state index contributed by atoms with van der Waals surface area (Å²) in [5, 5.41) is 10.1. The molecule has 1 aromatic carbocycles. The summed E-state index contributed by atoms with van der Waals surface area (Å²) >= 11 is 6.37. The van der Waals surface area contributed by atoms with Crippen LogP contribution < -0.4 is 4.90 Å². The number of benzene rings is 1. The largest absolute Gasteiger partial charge is 0.481 e. The van der Waals surface area contributed by atoms with Crippen LogP contribution in [0.1, 0.15) is 37.7 Å². The predicted molar refractivity (Wildman–Crippen MR) is 76.1 cm³/mol. The highest BCUT2D eigenvalue weighted by molar-refractivity contribution is 6.33. The number of hydrogen-bond donors (Lipinski definition) is 1. The van der Waals surface area contributed by atoms with Gasteiger partial charge in [-0.3, -0.25) is 4.79 Å². The molecule has 3 rings (SSSR count). The Bertz CT molecular complexity index is 505. The normalized spacial score (nSPS) is 21.2. The van der Waals surface area contributed by atoms with E-state index in [4.69, 9.17) is 11.6 Å². The zero-order valence-corrected chi connectivity index (χ0v) is 11.6. The van der Waals surface area contributed by atoms with Crippen molar-refractivity contribution >= 4 is 23.3 Å². The number of carbonyl (C=O) groups is 1. The maximum Gasteiger partial charge on any atom is 0.314 e. The lowest BCUT2D eigenvalue weighted by atomic mass is 9.64. The highest BCUT2D eigenvalue weighted by atomic mass is 35.5. The highest BCUT2D eigenvalue weighted by Crippen LogP contribution is 2.45. The quantitative estimate of drug-likeness (QED) is 0.921. The van der Waals surface area contributed by atoms with Crippen LogP contribution in [0.25, 0.3) is 0 Å². The van der Waals surface area contributed by atoms with E-state index >= 15 is 0 Å². The fraction of sp³-hybridized carbons (Fsp3) is 0.533. The smallest absolute Gasteiger partial charge is 0.314 e. The summed E-state index contributed by atoms with van der Waals surface area (Å²) in [6.45, 7) is 2.09. The Balaban J connectivity index is 1.92. The molecule has 1 aliphatic carbocycles. The second kappa shape index (κ2) is 4.71. The molecule has 0 amide bonds. The zero-order chi connectivity index (χ0) is 13.5. The Morgan fingerprint density at radius 1 is 1.21 bits per heavy atom. The highest BCUT2D eigenvalue weighted by Gasteiger charge is 2.46. The van der Waals surface area contributed by atoms with E-state index in [0.29, 0.717) is 5.02 Å². The van der Waals surface area contributed by atoms with Gasteiger partial charge in [0.2, 0.25) is 0 Å². The van der Waals surface area contributed by atoms with Crippen LogP contribution in [0.5, 0.6) is 0 Å². The number of aliphatic carboxylic acids is 1. The molecule has 0 spiro atoms. The lowest BCUT2D eigenvalue weighted by molar-refractivity contribution is -0.147. The van der Waals surface area contributed by atoms with Crippen LogP contribution in [-0.4, -0.2) is 24.2 Å². The first-order valence-corrected chi connectivity index (χ1v) is 7.30. The Kier molecular flexibility index (Phi) is 3.17. The fourth-order valence-electron chi connectivity index (χ4n) is 3.18. The van der Waals surface area contributed by atoms with Crippen molar-refractivity contribution in [3.05, 3.63) is 28.8 Å². The fourth-order valence-corrected chi connectivity index (χ4v) is 3.48. The van der Waals surface area contributed by atoms with Crippen LogP contribution in [0, 0.1) is 0 Å². The van der Waals surface area contributed by atoms with Gasteiger partial charge in [0.1, 0.15) is 0 Å².